The molecule has 0 aromatic heterocycles. The van der Waals surface area contributed by atoms with Crippen LogP contribution in [-0.2, 0) is 33.4 Å². The average Bonchev–Trinajstić information content (AvgIpc) is 2.41. The number of ether oxygens (including phenoxy) is 3. The van der Waals surface area contributed by atoms with Gasteiger partial charge in [-0.2, -0.15) is 0 Å². The number of carbonyl (C=O) groups excluding carboxylic acids is 5. The molecule has 1 aliphatic rings. The van der Waals surface area contributed by atoms with Crippen LogP contribution in [0.2, 0.25) is 0 Å². The van der Waals surface area contributed by atoms with Crippen LogP contribution in [0.3, 0.4) is 0 Å². The topological polar surface area (TPSA) is 128 Å². The van der Waals surface area contributed by atoms with Crippen molar-refractivity contribution in [3.63, 3.8) is 0 Å². The summed E-state index contributed by atoms with van der Waals surface area (Å²) in [7, 11) is 0.960. The van der Waals surface area contributed by atoms with Crippen molar-refractivity contribution in [1.29, 1.82) is 0 Å². The van der Waals surface area contributed by atoms with Gasteiger partial charge < -0.3 is 19.5 Å². The van der Waals surface area contributed by atoms with Gasteiger partial charge in [-0.3, -0.25) is 14.4 Å². The van der Waals surface area contributed by atoms with E-state index in [0.29, 0.717) is 4.90 Å². The maximum Gasteiger partial charge on any atom is 0.408 e. The molecule has 23 heavy (non-hydrogen) atoms. The molecule has 2 atom stereocenters. The number of amides is 3. The molecule has 10 nitrogen and oxygen atoms in total. The SMILES string of the molecule is COC(=O)C(=O)N1C(=O)[C@@H](NC(=O)OC(C)(C)C)[C@@H]1OC(C)=O. The van der Waals surface area contributed by atoms with E-state index in [4.69, 9.17) is 9.47 Å². The fraction of sp³-hybridized carbons (Fsp3) is 0.615. The van der Waals surface area contributed by atoms with E-state index in [9.17, 15) is 24.0 Å². The van der Waals surface area contributed by atoms with Crippen molar-refractivity contribution in [2.75, 3.05) is 7.11 Å². The van der Waals surface area contributed by atoms with E-state index in [-0.39, 0.29) is 0 Å². The van der Waals surface area contributed by atoms with E-state index in [1.165, 1.54) is 0 Å². The number of nitrogens with zero attached hydrogens (tertiary/aromatic N) is 1. The van der Waals surface area contributed by atoms with Gasteiger partial charge in [-0.05, 0) is 20.8 Å². The molecule has 1 rings (SSSR count). The van der Waals surface area contributed by atoms with Crippen molar-refractivity contribution in [2.24, 2.45) is 0 Å². The van der Waals surface area contributed by atoms with Crippen LogP contribution in [0.15, 0.2) is 0 Å². The highest BCUT2D eigenvalue weighted by molar-refractivity contribution is 6.36. The zero-order valence-electron chi connectivity index (χ0n) is 13.4. The first-order valence-electron chi connectivity index (χ1n) is 6.60. The number of alkyl carbamates (subject to hydrolysis) is 1. The second kappa shape index (κ2) is 6.63. The number of hydrogen-bond donors (Lipinski definition) is 1. The summed E-state index contributed by atoms with van der Waals surface area (Å²) in [4.78, 5) is 58.1. The largest absolute Gasteiger partial charge is 0.462 e. The van der Waals surface area contributed by atoms with E-state index in [2.05, 4.69) is 10.1 Å². The van der Waals surface area contributed by atoms with Gasteiger partial charge in [0, 0.05) is 6.92 Å². The van der Waals surface area contributed by atoms with Gasteiger partial charge in [0.25, 0.3) is 5.91 Å². The lowest BCUT2D eigenvalue weighted by Crippen LogP contribution is -2.74. The Labute approximate surface area is 132 Å². The third-order valence-corrected chi connectivity index (χ3v) is 2.58. The zero-order chi connectivity index (χ0) is 17.9. The number of likely N-dealkylation sites (tertiary alicyclic amines) is 1. The molecule has 1 fully saturated rings. The highest BCUT2D eigenvalue weighted by Gasteiger charge is 2.56. The van der Waals surface area contributed by atoms with E-state index in [1.807, 2.05) is 0 Å². The van der Waals surface area contributed by atoms with E-state index >= 15 is 0 Å². The van der Waals surface area contributed by atoms with Crippen LogP contribution in [-0.4, -0.2) is 59.7 Å². The lowest BCUT2D eigenvalue weighted by atomic mass is 10.0. The third-order valence-electron chi connectivity index (χ3n) is 2.58. The summed E-state index contributed by atoms with van der Waals surface area (Å²) in [5.41, 5.74) is -0.810. The van der Waals surface area contributed by atoms with Gasteiger partial charge in [0.05, 0.1) is 7.11 Å². The van der Waals surface area contributed by atoms with Crippen molar-refractivity contribution in [3.8, 4) is 0 Å². The van der Waals surface area contributed by atoms with Crippen LogP contribution >= 0.6 is 0 Å². The van der Waals surface area contributed by atoms with Crippen LogP contribution < -0.4 is 5.32 Å². The van der Waals surface area contributed by atoms with Crippen LogP contribution in [0.1, 0.15) is 27.7 Å². The Morgan fingerprint density at radius 2 is 1.74 bits per heavy atom. The molecule has 0 bridgehead atoms. The molecule has 0 aromatic carbocycles. The Morgan fingerprint density at radius 3 is 2.17 bits per heavy atom. The molecule has 1 saturated heterocycles. The van der Waals surface area contributed by atoms with Crippen molar-refractivity contribution in [2.45, 2.75) is 45.6 Å². The van der Waals surface area contributed by atoms with Gasteiger partial charge in [-0.15, -0.1) is 0 Å². The van der Waals surface area contributed by atoms with Gasteiger partial charge in [0.1, 0.15) is 5.60 Å². The molecule has 0 saturated carbocycles. The molecule has 1 N–H and O–H groups in total. The number of β-lactam (4-membered cyclic amide) rings is 1. The normalized spacial score (nSPS) is 20.2. The molecule has 128 valence electrons. The number of rotatable bonds is 2. The fourth-order valence-corrected chi connectivity index (χ4v) is 1.72. The van der Waals surface area contributed by atoms with E-state index in [1.54, 1.807) is 20.8 Å². The zero-order valence-corrected chi connectivity index (χ0v) is 13.4. The number of esters is 2. The summed E-state index contributed by atoms with van der Waals surface area (Å²) in [6, 6.07) is -1.33. The van der Waals surface area contributed by atoms with Crippen LogP contribution in [0.25, 0.3) is 0 Å². The molecular formula is C13H18N2O8. The second-order valence-electron chi connectivity index (χ2n) is 5.63. The van der Waals surface area contributed by atoms with Crippen molar-refractivity contribution < 1.29 is 38.2 Å². The average molecular weight is 330 g/mol. The number of hydrogen-bond acceptors (Lipinski definition) is 8. The minimum absolute atomic E-state index is 0.398. The fourth-order valence-electron chi connectivity index (χ4n) is 1.72. The summed E-state index contributed by atoms with van der Waals surface area (Å²) in [6.07, 6.45) is -2.38. The minimum atomic E-state index is -1.45. The lowest BCUT2D eigenvalue weighted by molar-refractivity contribution is -0.196. The number of carbonyl (C=O) groups is 5. The first-order chi connectivity index (χ1) is 10.5. The monoisotopic (exact) mass is 330 g/mol. The minimum Gasteiger partial charge on any atom is -0.462 e. The predicted octanol–water partition coefficient (Wildman–Crippen LogP) is -0.689. The molecule has 0 unspecified atom stereocenters. The van der Waals surface area contributed by atoms with Crippen LogP contribution in [0.5, 0.6) is 0 Å². The standard InChI is InChI=1S/C13H18N2O8/c1-6(16)22-10-7(14-12(20)23-13(2,3)4)8(17)15(10)9(18)11(19)21-5/h7,10H,1-5H3,(H,14,20)/t7-,10+/m1/s1. The number of nitrogens with one attached hydrogen (secondary N) is 1. The van der Waals surface area contributed by atoms with Crippen molar-refractivity contribution in [1.82, 2.24) is 10.2 Å². The Hall–Kier alpha value is -2.65. The van der Waals surface area contributed by atoms with Crippen molar-refractivity contribution >= 4 is 29.8 Å². The van der Waals surface area contributed by atoms with E-state index in [0.717, 1.165) is 14.0 Å². The Balaban J connectivity index is 2.86. The highest BCUT2D eigenvalue weighted by atomic mass is 16.6. The number of imide groups is 1. The quantitative estimate of drug-likeness (QED) is 0.305. The molecule has 0 spiro atoms. The first-order valence-corrected chi connectivity index (χ1v) is 6.60. The van der Waals surface area contributed by atoms with Gasteiger partial charge in [-0.25, -0.2) is 14.5 Å². The second-order valence-corrected chi connectivity index (χ2v) is 5.63. The van der Waals surface area contributed by atoms with Gasteiger partial charge in [0.2, 0.25) is 6.23 Å². The maximum absolute atomic E-state index is 12.0. The Morgan fingerprint density at radius 1 is 1.17 bits per heavy atom. The maximum atomic E-state index is 12.0. The summed E-state index contributed by atoms with van der Waals surface area (Å²) in [6.45, 7) is 5.90. The van der Waals surface area contributed by atoms with Crippen LogP contribution in [0.4, 0.5) is 4.79 Å². The third kappa shape index (κ3) is 4.41. The Bertz CT molecular complexity index is 551. The van der Waals surface area contributed by atoms with Crippen molar-refractivity contribution in [3.05, 3.63) is 0 Å². The molecule has 0 aliphatic carbocycles. The van der Waals surface area contributed by atoms with Crippen LogP contribution in [0, 0.1) is 0 Å². The molecule has 0 radical (unpaired) electrons. The number of methoxy groups -OCH3 is 1. The molecule has 1 aliphatic heterocycles. The predicted molar refractivity (Wildman–Crippen MR) is 72.6 cm³/mol. The summed E-state index contributed by atoms with van der Waals surface area (Å²) in [5, 5.41) is 2.19. The summed E-state index contributed by atoms with van der Waals surface area (Å²) in [5.74, 6) is -4.32. The molecular weight excluding hydrogens is 312 g/mol. The molecule has 0 aromatic rings. The smallest absolute Gasteiger partial charge is 0.408 e. The van der Waals surface area contributed by atoms with Gasteiger partial charge >= 0.3 is 23.9 Å². The first kappa shape index (κ1) is 18.4. The molecule has 3 amide bonds. The van der Waals surface area contributed by atoms with Gasteiger partial charge in [-0.1, -0.05) is 0 Å². The molecule has 1 heterocycles. The van der Waals surface area contributed by atoms with E-state index < -0.39 is 47.7 Å². The lowest BCUT2D eigenvalue weighted by Gasteiger charge is -2.43. The molecule has 10 heteroatoms. The van der Waals surface area contributed by atoms with Gasteiger partial charge in [0.15, 0.2) is 6.04 Å². The summed E-state index contributed by atoms with van der Waals surface area (Å²) >= 11 is 0. The summed E-state index contributed by atoms with van der Waals surface area (Å²) < 4.78 is 14.0. The Kier molecular flexibility index (Phi) is 5.30. The highest BCUT2D eigenvalue weighted by Crippen LogP contribution is 2.23.